The van der Waals surface area contributed by atoms with Crippen molar-refractivity contribution in [3.05, 3.63) is 82.5 Å². The van der Waals surface area contributed by atoms with Crippen LogP contribution in [0.1, 0.15) is 61.5 Å². The van der Waals surface area contributed by atoms with E-state index in [1.54, 1.807) is 18.2 Å². The smallest absolute Gasteiger partial charge is 0.336 e. The minimum Gasteiger partial charge on any atom is -0.480 e. The molecule has 1 atom stereocenters. The molecular weight excluding hydrogens is 542 g/mol. The predicted octanol–water partition coefficient (Wildman–Crippen LogP) is 2.39. The molecule has 218 valence electrons. The number of nitrogens with one attached hydrogen (secondary N) is 3. The average Bonchev–Trinajstić information content (AvgIpc) is 3.37. The Hall–Kier alpha value is -5.46. The third kappa shape index (κ3) is 7.18. The molecule has 2 aromatic heterocycles. The molecule has 0 aliphatic rings. The normalized spacial score (nSPS) is 11.6. The van der Waals surface area contributed by atoms with Crippen LogP contribution in [0.25, 0.3) is 11.0 Å². The topological polar surface area (TPSA) is 226 Å². The number of carbonyl (C=O) groups is 4. The SMILES string of the molecule is Nc1nc(N)c2c(CCCc3ccc(C(=O)N[C@@H](CCCNC(=O)c4ccccc4C(=O)O)C(=O)O)cc3)c[nH]c2n1. The van der Waals surface area contributed by atoms with E-state index in [2.05, 4.69) is 25.6 Å². The third-order valence-corrected chi connectivity index (χ3v) is 6.75. The van der Waals surface area contributed by atoms with Gasteiger partial charge in [0.15, 0.2) is 0 Å². The van der Waals surface area contributed by atoms with Crippen LogP contribution in [-0.2, 0) is 17.6 Å². The van der Waals surface area contributed by atoms with E-state index in [-0.39, 0.29) is 36.5 Å². The molecule has 0 aliphatic carbocycles. The second kappa shape index (κ2) is 13.3. The Morgan fingerprint density at radius 2 is 1.60 bits per heavy atom. The highest BCUT2D eigenvalue weighted by Crippen LogP contribution is 2.24. The molecule has 0 spiro atoms. The third-order valence-electron chi connectivity index (χ3n) is 6.75. The van der Waals surface area contributed by atoms with E-state index < -0.39 is 29.8 Å². The van der Waals surface area contributed by atoms with Gasteiger partial charge in [-0.05, 0) is 67.5 Å². The van der Waals surface area contributed by atoms with Gasteiger partial charge in [0.05, 0.1) is 16.5 Å². The van der Waals surface area contributed by atoms with Crippen LogP contribution in [0.15, 0.2) is 54.7 Å². The lowest BCUT2D eigenvalue weighted by Gasteiger charge is -2.15. The number of fused-ring (bicyclic) bond motifs is 1. The van der Waals surface area contributed by atoms with E-state index in [4.69, 9.17) is 11.5 Å². The van der Waals surface area contributed by atoms with Gasteiger partial charge in [-0.2, -0.15) is 9.97 Å². The highest BCUT2D eigenvalue weighted by Gasteiger charge is 2.21. The van der Waals surface area contributed by atoms with Crippen LogP contribution in [0.3, 0.4) is 0 Å². The van der Waals surface area contributed by atoms with Gasteiger partial charge in [-0.3, -0.25) is 9.59 Å². The van der Waals surface area contributed by atoms with Crippen molar-refractivity contribution in [1.82, 2.24) is 25.6 Å². The second-order valence-corrected chi connectivity index (χ2v) is 9.67. The maximum absolute atomic E-state index is 12.7. The Balaban J connectivity index is 1.24. The number of aromatic nitrogens is 3. The number of carbonyl (C=O) groups excluding carboxylic acids is 2. The molecule has 4 aromatic rings. The Bertz CT molecular complexity index is 1620. The number of anilines is 2. The number of carboxylic acids is 2. The van der Waals surface area contributed by atoms with Gasteiger partial charge < -0.3 is 37.3 Å². The summed E-state index contributed by atoms with van der Waals surface area (Å²) in [5, 5.41) is 24.7. The minimum atomic E-state index is -1.22. The quantitative estimate of drug-likeness (QED) is 0.116. The predicted molar refractivity (Wildman–Crippen MR) is 155 cm³/mol. The number of nitrogens with two attached hydrogens (primary N) is 2. The highest BCUT2D eigenvalue weighted by atomic mass is 16.4. The molecule has 13 nitrogen and oxygen atoms in total. The van der Waals surface area contributed by atoms with Gasteiger partial charge >= 0.3 is 11.9 Å². The van der Waals surface area contributed by atoms with E-state index >= 15 is 0 Å². The van der Waals surface area contributed by atoms with Gasteiger partial charge in [0.2, 0.25) is 5.95 Å². The molecule has 9 N–H and O–H groups in total. The maximum Gasteiger partial charge on any atom is 0.336 e. The van der Waals surface area contributed by atoms with Gasteiger partial charge in [0.1, 0.15) is 17.5 Å². The highest BCUT2D eigenvalue weighted by molar-refractivity contribution is 6.04. The molecule has 0 unspecified atom stereocenters. The van der Waals surface area contributed by atoms with Crippen molar-refractivity contribution in [2.45, 2.75) is 38.1 Å². The summed E-state index contributed by atoms with van der Waals surface area (Å²) in [5.74, 6) is -3.09. The molecule has 0 saturated heterocycles. The molecule has 0 saturated carbocycles. The summed E-state index contributed by atoms with van der Waals surface area (Å²) in [7, 11) is 0. The zero-order chi connectivity index (χ0) is 30.2. The number of nitrogens with zero attached hydrogens (tertiary/aromatic N) is 2. The summed E-state index contributed by atoms with van der Waals surface area (Å²) in [4.78, 5) is 59.4. The van der Waals surface area contributed by atoms with Crippen molar-refractivity contribution in [2.75, 3.05) is 18.0 Å². The number of aromatic amines is 1. The maximum atomic E-state index is 12.7. The molecule has 42 heavy (non-hydrogen) atoms. The van der Waals surface area contributed by atoms with Crippen LogP contribution in [-0.4, -0.2) is 61.5 Å². The zero-order valence-corrected chi connectivity index (χ0v) is 22.6. The fourth-order valence-corrected chi connectivity index (χ4v) is 4.62. The Kier molecular flexibility index (Phi) is 9.32. The molecule has 2 heterocycles. The Morgan fingerprint density at radius 3 is 2.29 bits per heavy atom. The summed E-state index contributed by atoms with van der Waals surface area (Å²) in [6, 6.07) is 11.6. The summed E-state index contributed by atoms with van der Waals surface area (Å²) in [5.41, 5.74) is 14.4. The number of H-pyrrole nitrogens is 1. The second-order valence-electron chi connectivity index (χ2n) is 9.67. The molecule has 2 aromatic carbocycles. The summed E-state index contributed by atoms with van der Waals surface area (Å²) in [6.07, 6.45) is 4.43. The lowest BCUT2D eigenvalue weighted by atomic mass is 10.0. The van der Waals surface area contributed by atoms with Gasteiger partial charge in [-0.1, -0.05) is 24.3 Å². The zero-order valence-electron chi connectivity index (χ0n) is 22.6. The van der Waals surface area contributed by atoms with Gasteiger partial charge in [0, 0.05) is 18.3 Å². The number of aromatic carboxylic acids is 1. The van der Waals surface area contributed by atoms with Crippen molar-refractivity contribution in [2.24, 2.45) is 0 Å². The molecule has 0 bridgehead atoms. The number of aliphatic carboxylic acids is 1. The molecule has 0 fully saturated rings. The average molecular weight is 574 g/mol. The Morgan fingerprint density at radius 1 is 0.881 bits per heavy atom. The molecule has 13 heteroatoms. The first-order valence-electron chi connectivity index (χ1n) is 13.3. The Labute approximate surface area is 240 Å². The van der Waals surface area contributed by atoms with E-state index in [9.17, 15) is 29.4 Å². The fourth-order valence-electron chi connectivity index (χ4n) is 4.62. The van der Waals surface area contributed by atoms with Crippen LogP contribution >= 0.6 is 0 Å². The van der Waals surface area contributed by atoms with Crippen molar-refractivity contribution in [1.29, 1.82) is 0 Å². The number of rotatable bonds is 13. The van der Waals surface area contributed by atoms with Crippen LogP contribution in [0.2, 0.25) is 0 Å². The number of carboxylic acid groups (broad SMARTS) is 2. The van der Waals surface area contributed by atoms with Crippen molar-refractivity contribution in [3.8, 4) is 0 Å². The first-order chi connectivity index (χ1) is 20.1. The van der Waals surface area contributed by atoms with Crippen molar-refractivity contribution >= 4 is 46.6 Å². The molecular formula is C29H31N7O6. The van der Waals surface area contributed by atoms with Gasteiger partial charge in [0.25, 0.3) is 11.8 Å². The number of amides is 2. The first kappa shape index (κ1) is 29.5. The molecule has 0 aliphatic heterocycles. The largest absolute Gasteiger partial charge is 0.480 e. The summed E-state index contributed by atoms with van der Waals surface area (Å²) < 4.78 is 0. The van der Waals surface area contributed by atoms with Crippen LogP contribution < -0.4 is 22.1 Å². The van der Waals surface area contributed by atoms with E-state index in [1.807, 2.05) is 18.3 Å². The first-order valence-corrected chi connectivity index (χ1v) is 13.3. The van der Waals surface area contributed by atoms with Crippen molar-refractivity contribution < 1.29 is 29.4 Å². The van der Waals surface area contributed by atoms with Crippen LogP contribution in [0.4, 0.5) is 11.8 Å². The van der Waals surface area contributed by atoms with E-state index in [0.29, 0.717) is 17.0 Å². The van der Waals surface area contributed by atoms with Crippen molar-refractivity contribution in [3.63, 3.8) is 0 Å². The lowest BCUT2D eigenvalue weighted by Crippen LogP contribution is -2.41. The van der Waals surface area contributed by atoms with Crippen LogP contribution in [0, 0.1) is 0 Å². The number of hydrogen-bond acceptors (Lipinski definition) is 8. The van der Waals surface area contributed by atoms with Gasteiger partial charge in [-0.25, -0.2) is 9.59 Å². The number of nitrogen functional groups attached to an aromatic ring is 2. The molecule has 2 amide bonds. The monoisotopic (exact) mass is 573 g/mol. The molecule has 0 radical (unpaired) electrons. The number of hydrogen-bond donors (Lipinski definition) is 7. The number of benzene rings is 2. The van der Waals surface area contributed by atoms with E-state index in [0.717, 1.165) is 35.8 Å². The van der Waals surface area contributed by atoms with Crippen LogP contribution in [0.5, 0.6) is 0 Å². The minimum absolute atomic E-state index is 0.0133. The summed E-state index contributed by atoms with van der Waals surface area (Å²) in [6.45, 7) is 0.105. The standard InChI is InChI=1S/C29H31N7O6/c30-23-22-18(15-33-24(22)36-29(31)35-23)6-3-5-16-10-12-17(13-11-16)25(37)34-21(28(41)42)9-4-14-32-26(38)19-7-1-2-8-20(19)27(39)40/h1-2,7-8,10-13,15,21H,3-6,9,14H2,(H,32,38)(H,34,37)(H,39,40)(H,41,42)(H5,30,31,33,35,36)/t21-/m0/s1. The lowest BCUT2D eigenvalue weighted by molar-refractivity contribution is -0.139. The summed E-state index contributed by atoms with van der Waals surface area (Å²) >= 11 is 0. The fraction of sp³-hybridized carbons (Fsp3) is 0.241. The van der Waals surface area contributed by atoms with Gasteiger partial charge in [-0.15, -0.1) is 0 Å². The molecule has 4 rings (SSSR count). The number of aryl methyl sites for hydroxylation is 2. The van der Waals surface area contributed by atoms with E-state index in [1.165, 1.54) is 18.2 Å².